The highest BCUT2D eigenvalue weighted by atomic mass is 16.5. The van der Waals surface area contributed by atoms with Gasteiger partial charge in [-0.05, 0) is 47.5 Å². The van der Waals surface area contributed by atoms with E-state index in [2.05, 4.69) is 5.32 Å². The van der Waals surface area contributed by atoms with Gasteiger partial charge in [-0.3, -0.25) is 4.79 Å². The van der Waals surface area contributed by atoms with Gasteiger partial charge in [0.05, 0.1) is 13.7 Å². The molecule has 5 nitrogen and oxygen atoms in total. The van der Waals surface area contributed by atoms with Crippen LogP contribution < -0.4 is 10.1 Å². The van der Waals surface area contributed by atoms with E-state index in [-0.39, 0.29) is 12.5 Å². The maximum atomic E-state index is 12.5. The summed E-state index contributed by atoms with van der Waals surface area (Å²) < 4.78 is 10.4. The van der Waals surface area contributed by atoms with Crippen molar-refractivity contribution in [3.05, 3.63) is 77.9 Å². The first-order chi connectivity index (χ1) is 13.6. The third kappa shape index (κ3) is 4.68. The monoisotopic (exact) mass is 377 g/mol. The Kier molecular flexibility index (Phi) is 6.27. The first kappa shape index (κ1) is 19.4. The van der Waals surface area contributed by atoms with Gasteiger partial charge in [0, 0.05) is 12.0 Å². The summed E-state index contributed by atoms with van der Waals surface area (Å²) in [4.78, 5) is 24.9. The minimum Gasteiger partial charge on any atom is -0.497 e. The number of methoxy groups -OCH3 is 1. The summed E-state index contributed by atoms with van der Waals surface area (Å²) >= 11 is 0. The maximum Gasteiger partial charge on any atom is 0.328 e. The van der Waals surface area contributed by atoms with E-state index >= 15 is 0 Å². The van der Waals surface area contributed by atoms with Crippen LogP contribution in [0.1, 0.15) is 22.8 Å². The highest BCUT2D eigenvalue weighted by Gasteiger charge is 2.23. The molecule has 1 N–H and O–H groups in total. The van der Waals surface area contributed by atoms with Gasteiger partial charge in [-0.15, -0.1) is 0 Å². The molecule has 0 aliphatic heterocycles. The summed E-state index contributed by atoms with van der Waals surface area (Å²) in [6.45, 7) is 2.01. The summed E-state index contributed by atoms with van der Waals surface area (Å²) in [6, 6.07) is 19.8. The lowest BCUT2D eigenvalue weighted by molar-refractivity contribution is -0.145. The molecule has 0 saturated heterocycles. The number of amides is 1. The Labute approximate surface area is 164 Å². The van der Waals surface area contributed by atoms with Crippen LogP contribution in [0.25, 0.3) is 10.8 Å². The SMILES string of the molecule is CCOC(=O)C(Cc1ccc2cc(OC)ccc2c1)NC(=O)c1ccccc1. The zero-order valence-electron chi connectivity index (χ0n) is 16.0. The molecular weight excluding hydrogens is 354 g/mol. The molecule has 0 aliphatic rings. The second-order valence-electron chi connectivity index (χ2n) is 6.40. The van der Waals surface area contributed by atoms with Crippen LogP contribution in [-0.2, 0) is 16.0 Å². The Morgan fingerprint density at radius 2 is 1.68 bits per heavy atom. The van der Waals surface area contributed by atoms with Crippen LogP contribution in [0.5, 0.6) is 5.75 Å². The molecule has 0 saturated carbocycles. The topological polar surface area (TPSA) is 64.6 Å². The molecule has 1 amide bonds. The zero-order valence-corrected chi connectivity index (χ0v) is 16.0. The van der Waals surface area contributed by atoms with E-state index in [4.69, 9.17) is 9.47 Å². The van der Waals surface area contributed by atoms with E-state index in [1.165, 1.54) is 0 Å². The van der Waals surface area contributed by atoms with E-state index in [0.717, 1.165) is 22.1 Å². The number of hydrogen-bond acceptors (Lipinski definition) is 4. The van der Waals surface area contributed by atoms with Gasteiger partial charge >= 0.3 is 5.97 Å². The molecule has 3 aromatic carbocycles. The lowest BCUT2D eigenvalue weighted by Gasteiger charge is -2.18. The van der Waals surface area contributed by atoms with Crippen molar-refractivity contribution in [1.82, 2.24) is 5.32 Å². The number of rotatable bonds is 7. The first-order valence-corrected chi connectivity index (χ1v) is 9.20. The van der Waals surface area contributed by atoms with E-state index in [1.807, 2.05) is 42.5 Å². The smallest absolute Gasteiger partial charge is 0.328 e. The quantitative estimate of drug-likeness (QED) is 0.637. The largest absolute Gasteiger partial charge is 0.497 e. The predicted octanol–water partition coefficient (Wildman–Crippen LogP) is 3.75. The second kappa shape index (κ2) is 9.04. The summed E-state index contributed by atoms with van der Waals surface area (Å²) in [7, 11) is 1.63. The Bertz CT molecular complexity index is 969. The molecule has 0 fully saturated rings. The number of fused-ring (bicyclic) bond motifs is 1. The zero-order chi connectivity index (χ0) is 19.9. The van der Waals surface area contributed by atoms with Crippen molar-refractivity contribution in [2.45, 2.75) is 19.4 Å². The Hall–Kier alpha value is -3.34. The molecule has 28 heavy (non-hydrogen) atoms. The van der Waals surface area contributed by atoms with Crippen molar-refractivity contribution in [3.8, 4) is 5.75 Å². The van der Waals surface area contributed by atoms with Crippen molar-refractivity contribution >= 4 is 22.6 Å². The van der Waals surface area contributed by atoms with Gasteiger partial charge < -0.3 is 14.8 Å². The molecule has 0 aromatic heterocycles. The fourth-order valence-electron chi connectivity index (χ4n) is 3.03. The third-order valence-corrected chi connectivity index (χ3v) is 4.46. The Balaban J connectivity index is 1.81. The number of carbonyl (C=O) groups is 2. The molecule has 0 heterocycles. The third-order valence-electron chi connectivity index (χ3n) is 4.46. The number of carbonyl (C=O) groups excluding carboxylic acids is 2. The first-order valence-electron chi connectivity index (χ1n) is 9.20. The van der Waals surface area contributed by atoms with Crippen LogP contribution in [0.2, 0.25) is 0 Å². The molecule has 3 aromatic rings. The van der Waals surface area contributed by atoms with Crippen molar-refractivity contribution in [2.24, 2.45) is 0 Å². The van der Waals surface area contributed by atoms with Gasteiger partial charge in [-0.25, -0.2) is 4.79 Å². The summed E-state index contributed by atoms with van der Waals surface area (Å²) in [6.07, 6.45) is 0.347. The highest BCUT2D eigenvalue weighted by molar-refractivity contribution is 5.96. The number of hydrogen-bond donors (Lipinski definition) is 1. The highest BCUT2D eigenvalue weighted by Crippen LogP contribution is 2.22. The van der Waals surface area contributed by atoms with Crippen molar-refractivity contribution in [1.29, 1.82) is 0 Å². The summed E-state index contributed by atoms with van der Waals surface area (Å²) in [5.74, 6) is 0.0468. The lowest BCUT2D eigenvalue weighted by Crippen LogP contribution is -2.43. The summed E-state index contributed by atoms with van der Waals surface area (Å²) in [5, 5.41) is 4.88. The molecule has 1 unspecified atom stereocenters. The van der Waals surface area contributed by atoms with E-state index < -0.39 is 12.0 Å². The molecule has 144 valence electrons. The summed E-state index contributed by atoms with van der Waals surface area (Å²) in [5.41, 5.74) is 1.44. The van der Waals surface area contributed by atoms with Gasteiger partial charge in [-0.2, -0.15) is 0 Å². The molecule has 1 atom stereocenters. The van der Waals surface area contributed by atoms with E-state index in [0.29, 0.717) is 12.0 Å². The van der Waals surface area contributed by atoms with Crippen LogP contribution in [0, 0.1) is 0 Å². The van der Waals surface area contributed by atoms with Gasteiger partial charge in [0.25, 0.3) is 5.91 Å². The number of ether oxygens (including phenoxy) is 2. The number of nitrogens with one attached hydrogen (secondary N) is 1. The Morgan fingerprint density at radius 3 is 2.39 bits per heavy atom. The molecular formula is C23H23NO4. The minimum atomic E-state index is -0.761. The molecule has 5 heteroatoms. The molecule has 0 spiro atoms. The molecule has 0 bridgehead atoms. The average Bonchev–Trinajstić information content (AvgIpc) is 2.73. The predicted molar refractivity (Wildman–Crippen MR) is 109 cm³/mol. The standard InChI is InChI=1S/C23H23NO4/c1-3-28-23(26)21(24-22(25)17-7-5-4-6-8-17)14-16-9-10-19-15-20(27-2)12-11-18(19)13-16/h4-13,15,21H,3,14H2,1-2H3,(H,24,25). The molecule has 0 radical (unpaired) electrons. The number of esters is 1. The minimum absolute atomic E-state index is 0.258. The van der Waals surface area contributed by atoms with Crippen LogP contribution in [0.3, 0.4) is 0 Å². The molecule has 0 aliphatic carbocycles. The second-order valence-corrected chi connectivity index (χ2v) is 6.40. The van der Waals surface area contributed by atoms with Gasteiger partial charge in [0.2, 0.25) is 0 Å². The van der Waals surface area contributed by atoms with E-state index in [1.54, 1.807) is 38.3 Å². The van der Waals surface area contributed by atoms with Gasteiger partial charge in [0.15, 0.2) is 0 Å². The lowest BCUT2D eigenvalue weighted by atomic mass is 10.0. The van der Waals surface area contributed by atoms with Gasteiger partial charge in [0.1, 0.15) is 11.8 Å². The van der Waals surface area contributed by atoms with Crippen molar-refractivity contribution < 1.29 is 19.1 Å². The van der Waals surface area contributed by atoms with Crippen LogP contribution >= 0.6 is 0 Å². The van der Waals surface area contributed by atoms with Crippen molar-refractivity contribution in [3.63, 3.8) is 0 Å². The average molecular weight is 377 g/mol. The number of benzene rings is 3. The van der Waals surface area contributed by atoms with Crippen LogP contribution in [0.15, 0.2) is 66.7 Å². The van der Waals surface area contributed by atoms with E-state index in [9.17, 15) is 9.59 Å². The fraction of sp³-hybridized carbons (Fsp3) is 0.217. The molecule has 3 rings (SSSR count). The van der Waals surface area contributed by atoms with Crippen LogP contribution in [-0.4, -0.2) is 31.6 Å². The Morgan fingerprint density at radius 1 is 0.964 bits per heavy atom. The van der Waals surface area contributed by atoms with Gasteiger partial charge in [-0.1, -0.05) is 42.5 Å². The fourth-order valence-corrected chi connectivity index (χ4v) is 3.03. The van der Waals surface area contributed by atoms with Crippen LogP contribution in [0.4, 0.5) is 0 Å². The van der Waals surface area contributed by atoms with Crippen molar-refractivity contribution in [2.75, 3.05) is 13.7 Å². The maximum absolute atomic E-state index is 12.5. The normalized spacial score (nSPS) is 11.6.